The number of aliphatic carboxylic acids is 1. The van der Waals surface area contributed by atoms with Crippen molar-refractivity contribution in [2.45, 2.75) is 26.2 Å². The van der Waals surface area contributed by atoms with E-state index in [1.807, 2.05) is 6.92 Å². The summed E-state index contributed by atoms with van der Waals surface area (Å²) in [6, 6.07) is 6.99. The van der Waals surface area contributed by atoms with Crippen LogP contribution in [-0.2, 0) is 9.59 Å². The number of nitrogen functional groups attached to an aromatic ring is 1. The first-order valence-electron chi connectivity index (χ1n) is 6.91. The van der Waals surface area contributed by atoms with Crippen molar-refractivity contribution in [3.8, 4) is 0 Å². The molecule has 1 aliphatic carbocycles. The lowest BCUT2D eigenvalue weighted by Crippen LogP contribution is -2.30. The van der Waals surface area contributed by atoms with Crippen molar-refractivity contribution in [1.82, 2.24) is 0 Å². The van der Waals surface area contributed by atoms with Crippen LogP contribution in [0.25, 0.3) is 0 Å². The Bertz CT molecular complexity index is 516. The average molecular weight is 276 g/mol. The van der Waals surface area contributed by atoms with Crippen molar-refractivity contribution in [2.24, 2.45) is 17.8 Å². The van der Waals surface area contributed by atoms with E-state index in [4.69, 9.17) is 5.73 Å². The highest BCUT2D eigenvalue weighted by molar-refractivity contribution is 5.97. The Balaban J connectivity index is 2.11. The monoisotopic (exact) mass is 276 g/mol. The Kier molecular flexibility index (Phi) is 4.27. The van der Waals surface area contributed by atoms with Gasteiger partial charge in [-0.05, 0) is 30.9 Å². The van der Waals surface area contributed by atoms with E-state index < -0.39 is 17.8 Å². The topological polar surface area (TPSA) is 92.4 Å². The van der Waals surface area contributed by atoms with Crippen molar-refractivity contribution in [2.75, 3.05) is 11.1 Å². The number of anilines is 2. The van der Waals surface area contributed by atoms with Gasteiger partial charge in [-0.25, -0.2) is 0 Å². The summed E-state index contributed by atoms with van der Waals surface area (Å²) in [7, 11) is 0. The molecule has 1 aromatic carbocycles. The van der Waals surface area contributed by atoms with Crippen LogP contribution in [0.3, 0.4) is 0 Å². The quantitative estimate of drug-likeness (QED) is 0.736. The number of hydrogen-bond acceptors (Lipinski definition) is 3. The third kappa shape index (κ3) is 2.92. The molecule has 0 saturated heterocycles. The smallest absolute Gasteiger partial charge is 0.307 e. The second-order valence-corrected chi connectivity index (χ2v) is 5.37. The maximum absolute atomic E-state index is 12.3. The van der Waals surface area contributed by atoms with Gasteiger partial charge < -0.3 is 16.2 Å². The van der Waals surface area contributed by atoms with Gasteiger partial charge in [-0.3, -0.25) is 9.59 Å². The lowest BCUT2D eigenvalue weighted by molar-refractivity contribution is -0.145. The van der Waals surface area contributed by atoms with Crippen LogP contribution in [0.5, 0.6) is 0 Å². The van der Waals surface area contributed by atoms with Crippen molar-refractivity contribution in [3.63, 3.8) is 0 Å². The standard InChI is InChI=1S/C15H20N2O3/c1-2-9-7-10(11(8-9)15(19)20)14(18)17-13-6-4-3-5-12(13)16/h3-6,9-11H,2,7-8,16H2,1H3,(H,17,18)(H,19,20). The molecule has 5 nitrogen and oxygen atoms in total. The summed E-state index contributed by atoms with van der Waals surface area (Å²) in [6.45, 7) is 2.03. The molecular weight excluding hydrogens is 256 g/mol. The van der Waals surface area contributed by atoms with E-state index in [1.165, 1.54) is 0 Å². The molecule has 0 bridgehead atoms. The van der Waals surface area contributed by atoms with Crippen LogP contribution in [0.4, 0.5) is 11.4 Å². The molecule has 20 heavy (non-hydrogen) atoms. The lowest BCUT2D eigenvalue weighted by Gasteiger charge is -2.16. The van der Waals surface area contributed by atoms with Gasteiger partial charge in [0, 0.05) is 0 Å². The average Bonchev–Trinajstić information content (AvgIpc) is 2.86. The number of rotatable bonds is 4. The van der Waals surface area contributed by atoms with Crippen LogP contribution in [0.1, 0.15) is 26.2 Å². The molecule has 0 radical (unpaired) electrons. The molecule has 0 aliphatic heterocycles. The fraction of sp³-hybridized carbons (Fsp3) is 0.467. The largest absolute Gasteiger partial charge is 0.481 e. The summed E-state index contributed by atoms with van der Waals surface area (Å²) in [6.07, 6.45) is 2.11. The van der Waals surface area contributed by atoms with Gasteiger partial charge in [-0.15, -0.1) is 0 Å². The Labute approximate surface area is 118 Å². The molecule has 3 atom stereocenters. The van der Waals surface area contributed by atoms with Crippen LogP contribution in [0.15, 0.2) is 24.3 Å². The zero-order chi connectivity index (χ0) is 14.7. The summed E-state index contributed by atoms with van der Waals surface area (Å²) in [5, 5.41) is 12.0. The number of para-hydroxylation sites is 2. The van der Waals surface area contributed by atoms with Crippen LogP contribution in [0, 0.1) is 17.8 Å². The third-order valence-corrected chi connectivity index (χ3v) is 4.11. The minimum atomic E-state index is -0.887. The molecule has 2 rings (SSSR count). The van der Waals surface area contributed by atoms with E-state index in [0.717, 1.165) is 6.42 Å². The highest BCUT2D eigenvalue weighted by Crippen LogP contribution is 2.39. The number of carboxylic acid groups (broad SMARTS) is 1. The maximum atomic E-state index is 12.3. The predicted molar refractivity (Wildman–Crippen MR) is 77.1 cm³/mol. The molecule has 1 saturated carbocycles. The zero-order valence-corrected chi connectivity index (χ0v) is 11.5. The predicted octanol–water partition coefficient (Wildman–Crippen LogP) is 2.34. The van der Waals surface area contributed by atoms with Crippen LogP contribution >= 0.6 is 0 Å². The summed E-state index contributed by atoms with van der Waals surface area (Å²) in [5.74, 6) is -1.89. The molecule has 4 N–H and O–H groups in total. The Morgan fingerprint density at radius 1 is 1.30 bits per heavy atom. The SMILES string of the molecule is CCC1CC(C(=O)O)C(C(=O)Nc2ccccc2N)C1. The van der Waals surface area contributed by atoms with Gasteiger partial charge in [0.05, 0.1) is 23.2 Å². The Morgan fingerprint density at radius 3 is 2.55 bits per heavy atom. The number of carboxylic acids is 1. The number of carbonyl (C=O) groups is 2. The second kappa shape index (κ2) is 5.94. The lowest BCUT2D eigenvalue weighted by atomic mass is 9.95. The highest BCUT2D eigenvalue weighted by Gasteiger charge is 2.42. The first kappa shape index (κ1) is 14.4. The molecule has 3 unspecified atom stereocenters. The number of nitrogens with two attached hydrogens (primary N) is 1. The molecule has 1 fully saturated rings. The van der Waals surface area contributed by atoms with Gasteiger partial charge in [0.1, 0.15) is 0 Å². The van der Waals surface area contributed by atoms with E-state index in [1.54, 1.807) is 24.3 Å². The van der Waals surface area contributed by atoms with E-state index >= 15 is 0 Å². The molecule has 1 amide bonds. The first-order chi connectivity index (χ1) is 9.52. The van der Waals surface area contributed by atoms with E-state index in [-0.39, 0.29) is 5.91 Å². The van der Waals surface area contributed by atoms with Gasteiger partial charge in [-0.2, -0.15) is 0 Å². The minimum Gasteiger partial charge on any atom is -0.481 e. The normalized spacial score (nSPS) is 25.4. The van der Waals surface area contributed by atoms with Gasteiger partial charge in [0.2, 0.25) is 5.91 Å². The Morgan fingerprint density at radius 2 is 1.95 bits per heavy atom. The van der Waals surface area contributed by atoms with Crippen LogP contribution in [0.2, 0.25) is 0 Å². The summed E-state index contributed by atoms with van der Waals surface area (Å²) in [4.78, 5) is 23.6. The van der Waals surface area contributed by atoms with Crippen molar-refractivity contribution in [3.05, 3.63) is 24.3 Å². The molecular formula is C15H20N2O3. The molecule has 1 aromatic rings. The summed E-state index contributed by atoms with van der Waals surface area (Å²) in [5.41, 5.74) is 6.81. The molecule has 108 valence electrons. The van der Waals surface area contributed by atoms with Crippen molar-refractivity contribution < 1.29 is 14.7 Å². The van der Waals surface area contributed by atoms with Gasteiger partial charge in [0.15, 0.2) is 0 Å². The van der Waals surface area contributed by atoms with E-state index in [9.17, 15) is 14.7 Å². The number of benzene rings is 1. The molecule has 0 aromatic heterocycles. The fourth-order valence-electron chi connectivity index (χ4n) is 2.88. The molecule has 0 spiro atoms. The van der Waals surface area contributed by atoms with Crippen molar-refractivity contribution >= 4 is 23.3 Å². The van der Waals surface area contributed by atoms with Crippen LogP contribution in [-0.4, -0.2) is 17.0 Å². The third-order valence-electron chi connectivity index (χ3n) is 4.11. The maximum Gasteiger partial charge on any atom is 0.307 e. The number of amides is 1. The highest BCUT2D eigenvalue weighted by atomic mass is 16.4. The second-order valence-electron chi connectivity index (χ2n) is 5.37. The minimum absolute atomic E-state index is 0.244. The van der Waals surface area contributed by atoms with Crippen molar-refractivity contribution in [1.29, 1.82) is 0 Å². The van der Waals surface area contributed by atoms with Gasteiger partial charge >= 0.3 is 5.97 Å². The van der Waals surface area contributed by atoms with Crippen LogP contribution < -0.4 is 11.1 Å². The Hall–Kier alpha value is -2.04. The van der Waals surface area contributed by atoms with Gasteiger partial charge in [0.25, 0.3) is 0 Å². The first-order valence-corrected chi connectivity index (χ1v) is 6.91. The summed E-state index contributed by atoms with van der Waals surface area (Å²) < 4.78 is 0. The summed E-state index contributed by atoms with van der Waals surface area (Å²) >= 11 is 0. The number of carbonyl (C=O) groups excluding carboxylic acids is 1. The molecule has 0 heterocycles. The number of hydrogen-bond donors (Lipinski definition) is 3. The van der Waals surface area contributed by atoms with E-state index in [0.29, 0.717) is 30.1 Å². The fourth-order valence-corrected chi connectivity index (χ4v) is 2.88. The zero-order valence-electron chi connectivity index (χ0n) is 11.5. The molecule has 1 aliphatic rings. The molecule has 5 heteroatoms. The number of nitrogens with one attached hydrogen (secondary N) is 1. The van der Waals surface area contributed by atoms with E-state index in [2.05, 4.69) is 5.32 Å². The van der Waals surface area contributed by atoms with Gasteiger partial charge in [-0.1, -0.05) is 25.5 Å².